The van der Waals surface area contributed by atoms with Crippen LogP contribution in [0.15, 0.2) is 18.2 Å². The predicted molar refractivity (Wildman–Crippen MR) is 81.6 cm³/mol. The molecule has 1 heteroatoms. The van der Waals surface area contributed by atoms with E-state index in [-0.39, 0.29) is 0 Å². The Morgan fingerprint density at radius 2 is 2.00 bits per heavy atom. The Kier molecular flexibility index (Phi) is 3.66. The molecular formula is C18H27N. The Labute approximate surface area is 117 Å². The third kappa shape index (κ3) is 2.86. The number of benzene rings is 1. The van der Waals surface area contributed by atoms with Gasteiger partial charge < -0.3 is 5.32 Å². The van der Waals surface area contributed by atoms with Gasteiger partial charge in [0.1, 0.15) is 0 Å². The SMILES string of the molecule is CC(C)CC1(Cc2ccc3c(c2)CCC3)CCCN1. The van der Waals surface area contributed by atoms with Crippen LogP contribution in [-0.2, 0) is 19.3 Å². The zero-order valence-electron chi connectivity index (χ0n) is 12.5. The van der Waals surface area contributed by atoms with Gasteiger partial charge in [-0.25, -0.2) is 0 Å². The van der Waals surface area contributed by atoms with Crippen LogP contribution in [0.3, 0.4) is 0 Å². The second-order valence-corrected chi connectivity index (χ2v) is 7.04. The molecule has 1 aliphatic heterocycles. The monoisotopic (exact) mass is 257 g/mol. The lowest BCUT2D eigenvalue weighted by Gasteiger charge is -2.32. The van der Waals surface area contributed by atoms with E-state index in [1.165, 1.54) is 51.5 Å². The smallest absolute Gasteiger partial charge is 0.0224 e. The van der Waals surface area contributed by atoms with Crippen LogP contribution in [0.5, 0.6) is 0 Å². The van der Waals surface area contributed by atoms with Crippen molar-refractivity contribution in [3.05, 3.63) is 34.9 Å². The van der Waals surface area contributed by atoms with E-state index in [0.717, 1.165) is 5.92 Å². The molecule has 0 radical (unpaired) electrons. The van der Waals surface area contributed by atoms with E-state index >= 15 is 0 Å². The molecule has 104 valence electrons. The maximum atomic E-state index is 3.82. The molecule has 1 saturated heterocycles. The lowest BCUT2D eigenvalue weighted by Crippen LogP contribution is -2.43. The van der Waals surface area contributed by atoms with Gasteiger partial charge in [-0.1, -0.05) is 32.0 Å². The van der Waals surface area contributed by atoms with Crippen LogP contribution in [-0.4, -0.2) is 12.1 Å². The van der Waals surface area contributed by atoms with Gasteiger partial charge in [-0.3, -0.25) is 0 Å². The Balaban J connectivity index is 1.78. The first-order valence-electron chi connectivity index (χ1n) is 8.03. The molecule has 19 heavy (non-hydrogen) atoms. The molecule has 2 aliphatic rings. The highest BCUT2D eigenvalue weighted by molar-refractivity contribution is 5.36. The topological polar surface area (TPSA) is 12.0 Å². The van der Waals surface area contributed by atoms with Crippen LogP contribution in [0.1, 0.15) is 56.2 Å². The van der Waals surface area contributed by atoms with Gasteiger partial charge in [0.25, 0.3) is 0 Å². The average Bonchev–Trinajstić information content (AvgIpc) is 2.97. The van der Waals surface area contributed by atoms with Crippen molar-refractivity contribution in [1.29, 1.82) is 0 Å². The molecule has 1 nitrogen and oxygen atoms in total. The molecule has 0 bridgehead atoms. The zero-order valence-corrected chi connectivity index (χ0v) is 12.5. The van der Waals surface area contributed by atoms with Crippen molar-refractivity contribution >= 4 is 0 Å². The maximum Gasteiger partial charge on any atom is 0.0224 e. The Morgan fingerprint density at radius 1 is 1.16 bits per heavy atom. The van der Waals surface area contributed by atoms with E-state index in [1.54, 1.807) is 16.7 Å². The van der Waals surface area contributed by atoms with Gasteiger partial charge in [-0.2, -0.15) is 0 Å². The highest BCUT2D eigenvalue weighted by Gasteiger charge is 2.34. The van der Waals surface area contributed by atoms with Crippen molar-refractivity contribution in [2.75, 3.05) is 6.54 Å². The van der Waals surface area contributed by atoms with Crippen LogP contribution in [0.25, 0.3) is 0 Å². The van der Waals surface area contributed by atoms with E-state index in [0.29, 0.717) is 5.54 Å². The third-order valence-electron chi connectivity index (χ3n) is 4.84. The van der Waals surface area contributed by atoms with Crippen LogP contribution < -0.4 is 5.32 Å². The van der Waals surface area contributed by atoms with Crippen molar-refractivity contribution in [3.63, 3.8) is 0 Å². The van der Waals surface area contributed by atoms with Gasteiger partial charge in [0.05, 0.1) is 0 Å². The number of rotatable bonds is 4. The fourth-order valence-corrected chi connectivity index (χ4v) is 4.17. The van der Waals surface area contributed by atoms with E-state index in [1.807, 2.05) is 0 Å². The zero-order chi connectivity index (χ0) is 13.3. The molecular weight excluding hydrogens is 230 g/mol. The van der Waals surface area contributed by atoms with E-state index in [9.17, 15) is 0 Å². The fourth-order valence-electron chi connectivity index (χ4n) is 4.17. The molecule has 0 spiro atoms. The second-order valence-electron chi connectivity index (χ2n) is 7.04. The molecule has 3 rings (SSSR count). The first kappa shape index (κ1) is 13.2. The quantitative estimate of drug-likeness (QED) is 0.863. The van der Waals surface area contributed by atoms with Crippen LogP contribution in [0.2, 0.25) is 0 Å². The Morgan fingerprint density at radius 3 is 2.74 bits per heavy atom. The minimum atomic E-state index is 0.376. The molecule has 1 aromatic carbocycles. The fraction of sp³-hybridized carbons (Fsp3) is 0.667. The standard InChI is InChI=1S/C18H27N/c1-14(2)12-18(9-4-10-19-18)13-15-7-8-16-5-3-6-17(16)11-15/h7-8,11,14,19H,3-6,9-10,12-13H2,1-2H3. The van der Waals surface area contributed by atoms with Crippen LogP contribution in [0, 0.1) is 5.92 Å². The molecule has 0 aromatic heterocycles. The van der Waals surface area contributed by atoms with E-state index in [2.05, 4.69) is 37.4 Å². The van der Waals surface area contributed by atoms with Crippen molar-refractivity contribution in [2.45, 2.75) is 64.3 Å². The molecule has 0 amide bonds. The normalized spacial score (nSPS) is 26.1. The number of nitrogens with one attached hydrogen (secondary N) is 1. The summed E-state index contributed by atoms with van der Waals surface area (Å²) in [7, 11) is 0. The predicted octanol–water partition coefficient (Wildman–Crippen LogP) is 3.89. The first-order valence-corrected chi connectivity index (χ1v) is 8.03. The highest BCUT2D eigenvalue weighted by atomic mass is 15.0. The van der Waals surface area contributed by atoms with E-state index < -0.39 is 0 Å². The summed E-state index contributed by atoms with van der Waals surface area (Å²) in [6.07, 6.45) is 9.18. The molecule has 0 saturated carbocycles. The summed E-state index contributed by atoms with van der Waals surface area (Å²) in [5.41, 5.74) is 5.15. The van der Waals surface area contributed by atoms with Gasteiger partial charge in [-0.05, 0) is 74.1 Å². The lowest BCUT2D eigenvalue weighted by molar-refractivity contribution is 0.301. The number of aryl methyl sites for hydroxylation is 2. The van der Waals surface area contributed by atoms with Crippen molar-refractivity contribution < 1.29 is 0 Å². The second kappa shape index (κ2) is 5.28. The summed E-state index contributed by atoms with van der Waals surface area (Å²) in [5, 5.41) is 3.82. The first-order chi connectivity index (χ1) is 9.17. The number of fused-ring (bicyclic) bond motifs is 1. The van der Waals surface area contributed by atoms with Gasteiger partial charge in [0, 0.05) is 5.54 Å². The van der Waals surface area contributed by atoms with Gasteiger partial charge in [-0.15, -0.1) is 0 Å². The van der Waals surface area contributed by atoms with Crippen molar-refractivity contribution in [3.8, 4) is 0 Å². The van der Waals surface area contributed by atoms with Crippen molar-refractivity contribution in [2.24, 2.45) is 5.92 Å². The minimum absolute atomic E-state index is 0.376. The molecule has 1 heterocycles. The van der Waals surface area contributed by atoms with Gasteiger partial charge in [0.2, 0.25) is 0 Å². The Bertz CT molecular complexity index is 441. The largest absolute Gasteiger partial charge is 0.311 e. The summed E-state index contributed by atoms with van der Waals surface area (Å²) < 4.78 is 0. The summed E-state index contributed by atoms with van der Waals surface area (Å²) in [6.45, 7) is 5.91. The highest BCUT2D eigenvalue weighted by Crippen LogP contribution is 2.32. The van der Waals surface area contributed by atoms with E-state index in [4.69, 9.17) is 0 Å². The average molecular weight is 257 g/mol. The summed E-state index contributed by atoms with van der Waals surface area (Å²) in [5.74, 6) is 0.778. The van der Waals surface area contributed by atoms with Crippen molar-refractivity contribution in [1.82, 2.24) is 5.32 Å². The molecule has 1 aliphatic carbocycles. The summed E-state index contributed by atoms with van der Waals surface area (Å²) in [4.78, 5) is 0. The molecule has 1 atom stereocenters. The maximum absolute atomic E-state index is 3.82. The van der Waals surface area contributed by atoms with Crippen LogP contribution in [0.4, 0.5) is 0 Å². The third-order valence-corrected chi connectivity index (χ3v) is 4.84. The number of hydrogen-bond donors (Lipinski definition) is 1. The molecule has 1 N–H and O–H groups in total. The Hall–Kier alpha value is -0.820. The number of hydrogen-bond acceptors (Lipinski definition) is 1. The van der Waals surface area contributed by atoms with Gasteiger partial charge in [0.15, 0.2) is 0 Å². The molecule has 1 fully saturated rings. The van der Waals surface area contributed by atoms with Crippen LogP contribution >= 0.6 is 0 Å². The molecule has 1 unspecified atom stereocenters. The lowest BCUT2D eigenvalue weighted by atomic mass is 9.82. The molecule has 1 aromatic rings. The summed E-state index contributed by atoms with van der Waals surface area (Å²) >= 11 is 0. The summed E-state index contributed by atoms with van der Waals surface area (Å²) in [6, 6.07) is 7.26. The minimum Gasteiger partial charge on any atom is -0.311 e. The van der Waals surface area contributed by atoms with Gasteiger partial charge >= 0.3 is 0 Å².